The molecule has 0 bridgehead atoms. The Labute approximate surface area is 131 Å². The molecule has 1 amide bonds. The third-order valence-corrected chi connectivity index (χ3v) is 4.10. The highest BCUT2D eigenvalue weighted by Crippen LogP contribution is 2.10. The number of nitrogens with one attached hydrogen (secondary N) is 1. The molecule has 0 heterocycles. The molecule has 0 spiro atoms. The van der Waals surface area contributed by atoms with Crippen molar-refractivity contribution in [3.05, 3.63) is 47.2 Å². The second kappa shape index (κ2) is 7.82. The monoisotopic (exact) mass is 323 g/mol. The van der Waals surface area contributed by atoms with E-state index < -0.39 is 22.2 Å². The first-order valence-electron chi connectivity index (χ1n) is 6.94. The topological polar surface area (TPSA) is 72.5 Å². The molecule has 5 nitrogen and oxygen atoms in total. The highest BCUT2D eigenvalue weighted by molar-refractivity contribution is 7.90. The Morgan fingerprint density at radius 1 is 1.32 bits per heavy atom. The fraction of sp³-hybridized carbons (Fsp3) is 0.375. The van der Waals surface area contributed by atoms with E-state index in [0.29, 0.717) is 6.42 Å². The van der Waals surface area contributed by atoms with Crippen LogP contribution < -0.4 is 4.72 Å². The quantitative estimate of drug-likeness (QED) is 0.844. The summed E-state index contributed by atoms with van der Waals surface area (Å²) in [4.78, 5) is 11.8. The van der Waals surface area contributed by atoms with Crippen LogP contribution in [0.2, 0.25) is 0 Å². The SMILES string of the molecule is CCC(C=C=C(C)C)OC(=O)NS(=O)(=O)c1ccc(C)cc1. The minimum atomic E-state index is -3.93. The number of benzene rings is 1. The fourth-order valence-corrected chi connectivity index (χ4v) is 2.42. The van der Waals surface area contributed by atoms with Crippen LogP contribution in [0.25, 0.3) is 0 Å². The molecule has 1 aromatic rings. The van der Waals surface area contributed by atoms with Gasteiger partial charge in [-0.05, 0) is 51.0 Å². The molecule has 0 aliphatic heterocycles. The lowest BCUT2D eigenvalue weighted by Gasteiger charge is -2.12. The number of ether oxygens (including phenoxy) is 1. The summed E-state index contributed by atoms with van der Waals surface area (Å²) in [7, 11) is -3.93. The third kappa shape index (κ3) is 5.76. The van der Waals surface area contributed by atoms with E-state index >= 15 is 0 Å². The van der Waals surface area contributed by atoms with Crippen LogP contribution in [0.1, 0.15) is 32.8 Å². The molecule has 0 saturated carbocycles. The number of carbonyl (C=O) groups is 1. The van der Waals surface area contributed by atoms with Crippen LogP contribution in [0, 0.1) is 6.92 Å². The standard InChI is InChI=1S/C16H21NO4S/c1-5-14(9-6-12(2)3)21-16(18)17-22(19,20)15-10-7-13(4)8-11-15/h7-11,14H,5H2,1-4H3,(H,17,18). The van der Waals surface area contributed by atoms with Crippen LogP contribution >= 0.6 is 0 Å². The second-order valence-electron chi connectivity index (χ2n) is 5.08. The maximum atomic E-state index is 12.0. The largest absolute Gasteiger partial charge is 0.441 e. The molecule has 6 heteroatoms. The van der Waals surface area contributed by atoms with E-state index in [4.69, 9.17) is 4.74 Å². The zero-order valence-electron chi connectivity index (χ0n) is 13.2. The predicted molar refractivity (Wildman–Crippen MR) is 85.0 cm³/mol. The van der Waals surface area contributed by atoms with Crippen LogP contribution in [-0.4, -0.2) is 20.6 Å². The summed E-state index contributed by atoms with van der Waals surface area (Å²) in [5.41, 5.74) is 4.81. The number of amides is 1. The number of rotatable bonds is 5. The van der Waals surface area contributed by atoms with Gasteiger partial charge >= 0.3 is 6.09 Å². The zero-order valence-corrected chi connectivity index (χ0v) is 14.0. The molecular weight excluding hydrogens is 302 g/mol. The van der Waals surface area contributed by atoms with Crippen LogP contribution in [0.4, 0.5) is 4.79 Å². The Balaban J connectivity index is 2.79. The normalized spacial score (nSPS) is 12.0. The molecule has 22 heavy (non-hydrogen) atoms. The predicted octanol–water partition coefficient (Wildman–Crippen LogP) is 3.31. The van der Waals surface area contributed by atoms with Crippen molar-refractivity contribution in [3.8, 4) is 0 Å². The molecule has 0 fully saturated rings. The lowest BCUT2D eigenvalue weighted by molar-refractivity contribution is 0.123. The Morgan fingerprint density at radius 3 is 2.41 bits per heavy atom. The molecule has 0 radical (unpaired) electrons. The number of carbonyl (C=O) groups excluding carboxylic acids is 1. The van der Waals surface area contributed by atoms with Gasteiger partial charge in [-0.15, -0.1) is 5.73 Å². The van der Waals surface area contributed by atoms with Crippen molar-refractivity contribution in [2.24, 2.45) is 0 Å². The summed E-state index contributed by atoms with van der Waals surface area (Å²) in [5, 5.41) is 0. The Hall–Kier alpha value is -2.04. The summed E-state index contributed by atoms with van der Waals surface area (Å²) < 4.78 is 31.1. The van der Waals surface area contributed by atoms with Gasteiger partial charge in [0.25, 0.3) is 10.0 Å². The van der Waals surface area contributed by atoms with Crippen molar-refractivity contribution in [1.82, 2.24) is 4.72 Å². The molecule has 120 valence electrons. The summed E-state index contributed by atoms with van der Waals surface area (Å²) in [6.07, 6.45) is 0.605. The van der Waals surface area contributed by atoms with Crippen LogP contribution in [0.5, 0.6) is 0 Å². The summed E-state index contributed by atoms with van der Waals surface area (Å²) >= 11 is 0. The van der Waals surface area contributed by atoms with Gasteiger partial charge in [0.15, 0.2) is 0 Å². The Morgan fingerprint density at radius 2 is 1.91 bits per heavy atom. The zero-order chi connectivity index (χ0) is 16.8. The van der Waals surface area contributed by atoms with Gasteiger partial charge in [-0.25, -0.2) is 17.9 Å². The summed E-state index contributed by atoms with van der Waals surface area (Å²) in [6.45, 7) is 7.41. The Kier molecular flexibility index (Phi) is 6.40. The minimum absolute atomic E-state index is 0.0166. The second-order valence-corrected chi connectivity index (χ2v) is 6.76. The molecular formula is C16H21NO4S. The van der Waals surface area contributed by atoms with Crippen LogP contribution in [0.15, 0.2) is 46.5 Å². The molecule has 0 aromatic heterocycles. The fourth-order valence-electron chi connectivity index (χ4n) is 1.54. The van der Waals surface area contributed by atoms with E-state index in [1.54, 1.807) is 18.2 Å². The number of sulfonamides is 1. The minimum Gasteiger partial charge on any atom is -0.441 e. The van der Waals surface area contributed by atoms with E-state index in [0.717, 1.165) is 11.1 Å². The smallest absolute Gasteiger partial charge is 0.421 e. The van der Waals surface area contributed by atoms with Gasteiger partial charge in [0, 0.05) is 0 Å². The van der Waals surface area contributed by atoms with Crippen molar-refractivity contribution in [3.63, 3.8) is 0 Å². The number of aryl methyl sites for hydroxylation is 1. The average molecular weight is 323 g/mol. The molecule has 0 saturated heterocycles. The van der Waals surface area contributed by atoms with E-state index in [1.165, 1.54) is 12.1 Å². The third-order valence-electron chi connectivity index (χ3n) is 2.77. The maximum Gasteiger partial charge on any atom is 0.421 e. The lowest BCUT2D eigenvalue weighted by atomic mass is 10.2. The van der Waals surface area contributed by atoms with Crippen molar-refractivity contribution in [1.29, 1.82) is 0 Å². The van der Waals surface area contributed by atoms with Gasteiger partial charge < -0.3 is 4.74 Å². The number of hydrogen-bond donors (Lipinski definition) is 1. The molecule has 1 unspecified atom stereocenters. The van der Waals surface area contributed by atoms with Crippen LogP contribution in [-0.2, 0) is 14.8 Å². The average Bonchev–Trinajstić information content (AvgIpc) is 2.43. The molecule has 0 aliphatic rings. The summed E-state index contributed by atoms with van der Waals surface area (Å²) in [5.74, 6) is 0. The van der Waals surface area contributed by atoms with E-state index in [1.807, 2.05) is 32.4 Å². The van der Waals surface area contributed by atoms with Gasteiger partial charge in [0.05, 0.1) is 4.90 Å². The van der Waals surface area contributed by atoms with E-state index in [9.17, 15) is 13.2 Å². The van der Waals surface area contributed by atoms with Gasteiger partial charge in [-0.1, -0.05) is 24.6 Å². The molecule has 1 N–H and O–H groups in total. The highest BCUT2D eigenvalue weighted by Gasteiger charge is 2.19. The lowest BCUT2D eigenvalue weighted by Crippen LogP contribution is -2.33. The van der Waals surface area contributed by atoms with Crippen molar-refractivity contribution >= 4 is 16.1 Å². The van der Waals surface area contributed by atoms with E-state index in [2.05, 4.69) is 5.73 Å². The van der Waals surface area contributed by atoms with Crippen molar-refractivity contribution in [2.45, 2.75) is 45.1 Å². The van der Waals surface area contributed by atoms with Gasteiger partial charge in [0.1, 0.15) is 6.10 Å². The van der Waals surface area contributed by atoms with Gasteiger partial charge in [-0.3, -0.25) is 0 Å². The molecule has 0 aliphatic carbocycles. The highest BCUT2D eigenvalue weighted by atomic mass is 32.2. The summed E-state index contributed by atoms with van der Waals surface area (Å²) in [6, 6.07) is 6.19. The maximum absolute atomic E-state index is 12.0. The first kappa shape index (κ1) is 18.0. The Bertz CT molecular complexity index is 679. The van der Waals surface area contributed by atoms with Crippen LogP contribution in [0.3, 0.4) is 0 Å². The van der Waals surface area contributed by atoms with Gasteiger partial charge in [0.2, 0.25) is 0 Å². The number of hydrogen-bond acceptors (Lipinski definition) is 4. The van der Waals surface area contributed by atoms with Gasteiger partial charge in [-0.2, -0.15) is 0 Å². The molecule has 1 rings (SSSR count). The molecule has 1 atom stereocenters. The first-order valence-corrected chi connectivity index (χ1v) is 8.43. The first-order chi connectivity index (χ1) is 10.2. The van der Waals surface area contributed by atoms with E-state index in [-0.39, 0.29) is 4.90 Å². The van der Waals surface area contributed by atoms with Crippen molar-refractivity contribution in [2.75, 3.05) is 0 Å². The molecule has 1 aromatic carbocycles. The van der Waals surface area contributed by atoms with Crippen molar-refractivity contribution < 1.29 is 17.9 Å².